The number of aliphatic imine (C=N–C) groups is 2. The number of hydrogen-bond acceptors (Lipinski definition) is 5. The van der Waals surface area contributed by atoms with Gasteiger partial charge in [0.1, 0.15) is 35.7 Å². The van der Waals surface area contributed by atoms with Gasteiger partial charge in [0, 0.05) is 11.8 Å². The Kier molecular flexibility index (Phi) is 4.06. The molecule has 1 unspecified atom stereocenters. The van der Waals surface area contributed by atoms with Crippen molar-refractivity contribution in [3.63, 3.8) is 0 Å². The minimum atomic E-state index is -0.0500. The molecule has 0 bridgehead atoms. The van der Waals surface area contributed by atoms with E-state index in [-0.39, 0.29) is 5.54 Å². The number of quaternary nitrogens is 1. The minimum absolute atomic E-state index is 0.0500. The third-order valence-electron chi connectivity index (χ3n) is 4.60. The molecule has 4 rings (SSSR count). The number of thiophene rings is 1. The van der Waals surface area contributed by atoms with Crippen molar-refractivity contribution < 1.29 is 4.48 Å². The number of nitrogen functional groups attached to an aromatic ring is 1. The highest BCUT2D eigenvalue weighted by atomic mass is 32.1. The van der Waals surface area contributed by atoms with E-state index in [0.29, 0.717) is 10.3 Å². The van der Waals surface area contributed by atoms with Crippen LogP contribution in [-0.2, 0) is 0 Å². The van der Waals surface area contributed by atoms with Gasteiger partial charge in [0.2, 0.25) is 0 Å². The molecule has 0 spiro atoms. The maximum absolute atomic E-state index is 5.61. The van der Waals surface area contributed by atoms with Crippen LogP contribution in [0.3, 0.4) is 0 Å². The van der Waals surface area contributed by atoms with Gasteiger partial charge in [0.25, 0.3) is 5.84 Å². The highest BCUT2D eigenvalue weighted by molar-refractivity contribution is 7.13. The van der Waals surface area contributed by atoms with Crippen molar-refractivity contribution in [2.45, 2.75) is 26.3 Å². The van der Waals surface area contributed by atoms with Gasteiger partial charge in [-0.3, -0.25) is 4.99 Å². The van der Waals surface area contributed by atoms with Crippen molar-refractivity contribution in [3.05, 3.63) is 64.4 Å². The van der Waals surface area contributed by atoms with Gasteiger partial charge in [-0.05, 0) is 45.0 Å². The monoisotopic (exact) mass is 374 g/mol. The Labute approximate surface area is 162 Å². The maximum Gasteiger partial charge on any atom is 0.256 e. The Bertz CT molecular complexity index is 1070. The van der Waals surface area contributed by atoms with Gasteiger partial charge < -0.3 is 5.73 Å². The zero-order valence-corrected chi connectivity index (χ0v) is 16.3. The minimum Gasteiger partial charge on any atom is -0.384 e. The Balaban J connectivity index is 1.65. The van der Waals surface area contributed by atoms with Crippen LogP contribution >= 0.6 is 11.3 Å². The van der Waals surface area contributed by atoms with Gasteiger partial charge in [-0.2, -0.15) is 4.99 Å². The summed E-state index contributed by atoms with van der Waals surface area (Å²) in [6.45, 7) is 6.62. The second-order valence-corrected chi connectivity index (χ2v) is 8.48. The second kappa shape index (κ2) is 6.31. The molecule has 4 heterocycles. The summed E-state index contributed by atoms with van der Waals surface area (Å²) in [6.07, 6.45) is 9.66. The summed E-state index contributed by atoms with van der Waals surface area (Å²) in [5.41, 5.74) is 7.36. The predicted molar refractivity (Wildman–Crippen MR) is 112 cm³/mol. The topological polar surface area (TPSA) is 63.6 Å². The Hall–Kier alpha value is -3.01. The first-order valence-corrected chi connectivity index (χ1v) is 9.44. The van der Waals surface area contributed by atoms with Gasteiger partial charge in [-0.1, -0.05) is 11.8 Å². The van der Waals surface area contributed by atoms with E-state index in [1.54, 1.807) is 23.6 Å². The van der Waals surface area contributed by atoms with Crippen molar-refractivity contribution >= 4 is 34.9 Å². The quantitative estimate of drug-likeness (QED) is 0.605. The summed E-state index contributed by atoms with van der Waals surface area (Å²) >= 11 is 1.63. The van der Waals surface area contributed by atoms with Crippen LogP contribution in [0, 0.1) is 11.8 Å². The van der Waals surface area contributed by atoms with E-state index >= 15 is 0 Å². The molecule has 0 aliphatic carbocycles. The molecule has 0 radical (unpaired) electrons. The number of rotatable bonds is 1. The molecule has 2 aliphatic heterocycles. The number of aromatic nitrogens is 1. The molecule has 5 nitrogen and oxygen atoms in total. The highest BCUT2D eigenvalue weighted by Gasteiger charge is 2.47. The molecule has 27 heavy (non-hydrogen) atoms. The average molecular weight is 374 g/mol. The highest BCUT2D eigenvalue weighted by Crippen LogP contribution is 2.39. The lowest BCUT2D eigenvalue weighted by Crippen LogP contribution is -2.56. The van der Waals surface area contributed by atoms with Gasteiger partial charge in [0.05, 0.1) is 16.0 Å². The first-order chi connectivity index (χ1) is 12.9. The number of pyridine rings is 1. The van der Waals surface area contributed by atoms with Crippen molar-refractivity contribution in [1.29, 1.82) is 0 Å². The number of amidine groups is 1. The average Bonchev–Trinajstić information content (AvgIpc) is 3.26. The molecule has 0 saturated heterocycles. The molecule has 134 valence electrons. The fourth-order valence-electron chi connectivity index (χ4n) is 3.03. The number of fused-ring (bicyclic) bond motifs is 1. The predicted octanol–water partition coefficient (Wildman–Crippen LogP) is 4.01. The van der Waals surface area contributed by atoms with Crippen LogP contribution in [0.2, 0.25) is 0 Å². The van der Waals surface area contributed by atoms with Crippen molar-refractivity contribution in [1.82, 2.24) is 4.98 Å². The lowest BCUT2D eigenvalue weighted by Gasteiger charge is -2.39. The summed E-state index contributed by atoms with van der Waals surface area (Å²) in [5, 5.41) is 0. The van der Waals surface area contributed by atoms with E-state index in [1.165, 1.54) is 0 Å². The molecule has 2 aromatic rings. The standard InChI is InChI=1S/C21H20N5S/c1-21(2,3)26-11-10-23-13-20(26)25-17(14-26)18-8-7-16(27-18)6-4-15-5-9-19(22)24-12-15/h5,7-14H,1-3H3,(H2,22,24)/q+1. The summed E-state index contributed by atoms with van der Waals surface area (Å²) in [5.74, 6) is 7.75. The summed E-state index contributed by atoms with van der Waals surface area (Å²) in [7, 11) is 0. The number of anilines is 1. The molecule has 0 amide bonds. The van der Waals surface area contributed by atoms with E-state index in [2.05, 4.69) is 61.1 Å². The molecular formula is C21H20N5S+. The number of nitrogens with zero attached hydrogens (tertiary/aromatic N) is 4. The maximum atomic E-state index is 5.61. The molecule has 0 fully saturated rings. The fourth-order valence-corrected chi connectivity index (χ4v) is 3.84. The van der Waals surface area contributed by atoms with Crippen LogP contribution in [0.4, 0.5) is 5.82 Å². The van der Waals surface area contributed by atoms with Crippen LogP contribution < -0.4 is 5.73 Å². The third-order valence-corrected chi connectivity index (χ3v) is 5.63. The zero-order chi connectivity index (χ0) is 19.1. The van der Waals surface area contributed by atoms with Crippen LogP contribution in [0.25, 0.3) is 5.70 Å². The SMILES string of the molecule is CC(C)(C)[N+]12C=CN=CC1=NC(c1ccc(C#Cc3ccc(N)nc3)s1)=C2. The lowest BCUT2D eigenvalue weighted by atomic mass is 10.0. The smallest absolute Gasteiger partial charge is 0.256 e. The first kappa shape index (κ1) is 17.4. The van der Waals surface area contributed by atoms with Crippen LogP contribution in [0.1, 0.15) is 36.1 Å². The summed E-state index contributed by atoms with van der Waals surface area (Å²) in [6, 6.07) is 7.73. The van der Waals surface area contributed by atoms with Crippen LogP contribution in [-0.4, -0.2) is 27.1 Å². The molecule has 2 aliphatic rings. The zero-order valence-electron chi connectivity index (χ0n) is 15.5. The van der Waals surface area contributed by atoms with Crippen molar-refractivity contribution in [2.24, 2.45) is 9.98 Å². The van der Waals surface area contributed by atoms with Crippen LogP contribution in [0.15, 0.2) is 59.0 Å². The fraction of sp³-hybridized carbons (Fsp3) is 0.190. The Morgan fingerprint density at radius 3 is 2.67 bits per heavy atom. The van der Waals surface area contributed by atoms with E-state index in [4.69, 9.17) is 10.7 Å². The van der Waals surface area contributed by atoms with E-state index in [9.17, 15) is 0 Å². The van der Waals surface area contributed by atoms with E-state index in [1.807, 2.05) is 24.5 Å². The van der Waals surface area contributed by atoms with Gasteiger partial charge in [-0.15, -0.1) is 11.3 Å². The van der Waals surface area contributed by atoms with Crippen molar-refractivity contribution in [3.8, 4) is 11.8 Å². The van der Waals surface area contributed by atoms with Crippen molar-refractivity contribution in [2.75, 3.05) is 5.73 Å². The van der Waals surface area contributed by atoms with E-state index < -0.39 is 0 Å². The molecule has 2 N–H and O–H groups in total. The Morgan fingerprint density at radius 1 is 1.11 bits per heavy atom. The number of nitrogens with two attached hydrogens (primary N) is 1. The molecular weight excluding hydrogens is 354 g/mol. The first-order valence-electron chi connectivity index (χ1n) is 8.63. The third kappa shape index (κ3) is 3.12. The normalized spacial score (nSPS) is 20.6. The summed E-state index contributed by atoms with van der Waals surface area (Å²) in [4.78, 5) is 15.3. The van der Waals surface area contributed by atoms with Gasteiger partial charge in [0.15, 0.2) is 0 Å². The summed E-state index contributed by atoms with van der Waals surface area (Å²) < 4.78 is 0.571. The number of hydrogen-bond donors (Lipinski definition) is 1. The van der Waals surface area contributed by atoms with Gasteiger partial charge in [-0.25, -0.2) is 9.47 Å². The molecule has 2 aromatic heterocycles. The largest absolute Gasteiger partial charge is 0.384 e. The molecule has 6 heteroatoms. The van der Waals surface area contributed by atoms with Gasteiger partial charge >= 0.3 is 0 Å². The second-order valence-electron chi connectivity index (χ2n) is 7.39. The Morgan fingerprint density at radius 2 is 1.96 bits per heavy atom. The molecule has 0 aromatic carbocycles. The molecule has 0 saturated carbocycles. The van der Waals surface area contributed by atoms with Crippen LogP contribution in [0.5, 0.6) is 0 Å². The van der Waals surface area contributed by atoms with E-state index in [0.717, 1.165) is 26.9 Å². The molecule has 1 atom stereocenters. The lowest BCUT2D eigenvalue weighted by molar-refractivity contribution is -0.783.